The highest BCUT2D eigenvalue weighted by molar-refractivity contribution is 6.08. The van der Waals surface area contributed by atoms with E-state index in [1.165, 1.54) is 18.3 Å². The zero-order valence-corrected chi connectivity index (χ0v) is 17.5. The van der Waals surface area contributed by atoms with E-state index < -0.39 is 24.3 Å². The van der Waals surface area contributed by atoms with E-state index in [-0.39, 0.29) is 28.9 Å². The van der Waals surface area contributed by atoms with E-state index >= 15 is 0 Å². The summed E-state index contributed by atoms with van der Waals surface area (Å²) in [5, 5.41) is 5.80. The van der Waals surface area contributed by atoms with Crippen LogP contribution in [0.5, 0.6) is 0 Å². The zero-order valence-electron chi connectivity index (χ0n) is 17.5. The van der Waals surface area contributed by atoms with Gasteiger partial charge in [0.25, 0.3) is 0 Å². The van der Waals surface area contributed by atoms with Crippen LogP contribution in [0.1, 0.15) is 47.3 Å². The first kappa shape index (κ1) is 22.1. The second kappa shape index (κ2) is 8.45. The van der Waals surface area contributed by atoms with Gasteiger partial charge in [0, 0.05) is 30.4 Å². The van der Waals surface area contributed by atoms with Crippen LogP contribution in [0.3, 0.4) is 0 Å². The number of anilines is 1. The van der Waals surface area contributed by atoms with Gasteiger partial charge >= 0.3 is 6.18 Å². The highest BCUT2D eigenvalue weighted by atomic mass is 19.4. The van der Waals surface area contributed by atoms with Gasteiger partial charge in [-0.05, 0) is 24.1 Å². The molecule has 0 aliphatic rings. The number of rotatable bonds is 6. The summed E-state index contributed by atoms with van der Waals surface area (Å²) in [4.78, 5) is 38.0. The van der Waals surface area contributed by atoms with Crippen molar-refractivity contribution in [3.8, 4) is 0 Å². The molecule has 4 heterocycles. The highest BCUT2D eigenvalue weighted by Crippen LogP contribution is 2.27. The molecule has 0 aliphatic heterocycles. The minimum absolute atomic E-state index is 0.0678. The third kappa shape index (κ3) is 4.59. The number of ketones is 1. The summed E-state index contributed by atoms with van der Waals surface area (Å²) in [5.41, 5.74) is 0.587. The number of halogens is 3. The maximum atomic E-state index is 13.2. The molecule has 0 fully saturated rings. The van der Waals surface area contributed by atoms with E-state index in [1.54, 1.807) is 23.0 Å². The number of hydrogen-bond donors (Lipinski definition) is 1. The van der Waals surface area contributed by atoms with Gasteiger partial charge in [0.2, 0.25) is 11.7 Å². The second-order valence-corrected chi connectivity index (χ2v) is 7.51. The normalized spacial score (nSPS) is 11.8. The molecule has 0 spiro atoms. The van der Waals surface area contributed by atoms with Crippen molar-refractivity contribution in [2.24, 2.45) is 0 Å². The Hall–Kier alpha value is -4.09. The van der Waals surface area contributed by atoms with Gasteiger partial charge in [0.1, 0.15) is 12.4 Å². The Morgan fingerprint density at radius 3 is 2.64 bits per heavy atom. The molecule has 9 nitrogen and oxygen atoms in total. The third-order valence-electron chi connectivity index (χ3n) is 4.75. The number of nitrogens with one attached hydrogen (secondary N) is 1. The largest absolute Gasteiger partial charge is 0.435 e. The fourth-order valence-corrected chi connectivity index (χ4v) is 3.25. The lowest BCUT2D eigenvalue weighted by molar-refractivity contribution is -0.141. The maximum absolute atomic E-state index is 13.2. The van der Waals surface area contributed by atoms with Crippen molar-refractivity contribution in [1.82, 2.24) is 29.1 Å². The molecule has 1 amide bonds. The summed E-state index contributed by atoms with van der Waals surface area (Å²) in [6.07, 6.45) is 2.63. The molecule has 0 atom stereocenters. The lowest BCUT2D eigenvalue weighted by Gasteiger charge is -2.07. The minimum Gasteiger partial charge on any atom is -0.309 e. The lowest BCUT2D eigenvalue weighted by Crippen LogP contribution is -2.20. The molecule has 0 radical (unpaired) electrons. The Morgan fingerprint density at radius 1 is 1.15 bits per heavy atom. The summed E-state index contributed by atoms with van der Waals surface area (Å²) < 4.78 is 40.5. The lowest BCUT2D eigenvalue weighted by atomic mass is 10.1. The van der Waals surface area contributed by atoms with Crippen molar-refractivity contribution >= 4 is 23.0 Å². The van der Waals surface area contributed by atoms with Crippen molar-refractivity contribution in [2.45, 2.75) is 32.5 Å². The number of nitrogens with zero attached hydrogens (tertiary/aromatic N) is 6. The van der Waals surface area contributed by atoms with E-state index in [0.717, 1.165) is 28.2 Å². The Morgan fingerprint density at radius 2 is 1.94 bits per heavy atom. The molecule has 1 N–H and O–H groups in total. The number of imidazole rings is 1. The van der Waals surface area contributed by atoms with Gasteiger partial charge in [0.15, 0.2) is 11.5 Å². The van der Waals surface area contributed by atoms with Crippen LogP contribution in [0, 0.1) is 0 Å². The number of amides is 1. The van der Waals surface area contributed by atoms with E-state index in [2.05, 4.69) is 25.4 Å². The molecule has 0 saturated carbocycles. The van der Waals surface area contributed by atoms with Crippen molar-refractivity contribution in [3.05, 3.63) is 72.0 Å². The summed E-state index contributed by atoms with van der Waals surface area (Å²) in [7, 11) is 0. The zero-order chi connectivity index (χ0) is 23.8. The number of pyridine rings is 1. The van der Waals surface area contributed by atoms with Crippen LogP contribution in [0.2, 0.25) is 0 Å². The van der Waals surface area contributed by atoms with Crippen molar-refractivity contribution in [3.63, 3.8) is 0 Å². The van der Waals surface area contributed by atoms with Gasteiger partial charge in [0.05, 0.1) is 17.4 Å². The summed E-state index contributed by atoms with van der Waals surface area (Å²) in [6.45, 7) is 3.47. The van der Waals surface area contributed by atoms with Crippen LogP contribution >= 0.6 is 0 Å². The number of aromatic nitrogens is 6. The molecule has 33 heavy (non-hydrogen) atoms. The molecular weight excluding hydrogens is 439 g/mol. The predicted octanol–water partition coefficient (Wildman–Crippen LogP) is 3.33. The van der Waals surface area contributed by atoms with Crippen molar-refractivity contribution < 1.29 is 22.8 Å². The van der Waals surface area contributed by atoms with Gasteiger partial charge in [-0.15, -0.1) is 0 Å². The van der Waals surface area contributed by atoms with Crippen LogP contribution in [-0.4, -0.2) is 40.8 Å². The van der Waals surface area contributed by atoms with E-state index in [0.29, 0.717) is 0 Å². The van der Waals surface area contributed by atoms with Crippen LogP contribution in [0.15, 0.2) is 49.2 Å². The van der Waals surface area contributed by atoms with Crippen LogP contribution in [-0.2, 0) is 17.5 Å². The molecule has 4 aromatic rings. The molecular formula is C21H18F3N7O2. The Labute approximate surface area is 185 Å². The number of carbonyl (C=O) groups excluding carboxylic acids is 2. The number of carbonyl (C=O) groups is 2. The molecule has 4 rings (SSSR count). The third-order valence-corrected chi connectivity index (χ3v) is 4.75. The van der Waals surface area contributed by atoms with Crippen molar-refractivity contribution in [1.29, 1.82) is 0 Å². The van der Waals surface area contributed by atoms with Gasteiger partial charge < -0.3 is 5.32 Å². The molecule has 4 aromatic heterocycles. The number of hydrogen-bond acceptors (Lipinski definition) is 6. The number of fused-ring (bicyclic) bond motifs is 1. The molecule has 0 unspecified atom stereocenters. The Kier molecular flexibility index (Phi) is 5.66. The molecule has 0 bridgehead atoms. The fraction of sp³-hybridized carbons (Fsp3) is 0.238. The molecule has 0 saturated heterocycles. The van der Waals surface area contributed by atoms with Crippen LogP contribution in [0.25, 0.3) is 5.52 Å². The first-order chi connectivity index (χ1) is 15.6. The molecule has 170 valence electrons. The quantitative estimate of drug-likeness (QED) is 0.445. The van der Waals surface area contributed by atoms with E-state index in [9.17, 15) is 22.8 Å². The smallest absolute Gasteiger partial charge is 0.309 e. The highest BCUT2D eigenvalue weighted by Gasteiger charge is 2.33. The average Bonchev–Trinajstić information content (AvgIpc) is 3.38. The van der Waals surface area contributed by atoms with E-state index in [4.69, 9.17) is 0 Å². The van der Waals surface area contributed by atoms with Gasteiger partial charge in [-0.1, -0.05) is 13.8 Å². The summed E-state index contributed by atoms with van der Waals surface area (Å²) in [6, 6.07) is 3.64. The SMILES string of the molecule is CC(C)c1nc(C(=O)c2ccnc(NC(=O)Cn3ccc(C(F)(F)F)n3)c2)n2ccncc12. The Balaban J connectivity index is 1.54. The van der Waals surface area contributed by atoms with Crippen LogP contribution < -0.4 is 5.32 Å². The van der Waals surface area contributed by atoms with Gasteiger partial charge in [-0.25, -0.2) is 9.97 Å². The topological polar surface area (TPSA) is 107 Å². The molecule has 0 aliphatic carbocycles. The first-order valence-electron chi connectivity index (χ1n) is 9.86. The minimum atomic E-state index is -4.60. The number of alkyl halides is 3. The van der Waals surface area contributed by atoms with Gasteiger partial charge in [-0.2, -0.15) is 18.3 Å². The van der Waals surface area contributed by atoms with E-state index in [1.807, 2.05) is 13.8 Å². The monoisotopic (exact) mass is 457 g/mol. The first-order valence-corrected chi connectivity index (χ1v) is 9.86. The predicted molar refractivity (Wildman–Crippen MR) is 111 cm³/mol. The van der Waals surface area contributed by atoms with Crippen LogP contribution in [0.4, 0.5) is 19.0 Å². The fourth-order valence-electron chi connectivity index (χ4n) is 3.25. The second-order valence-electron chi connectivity index (χ2n) is 7.51. The summed E-state index contributed by atoms with van der Waals surface area (Å²) in [5.74, 6) is -0.707. The Bertz CT molecular complexity index is 1340. The summed E-state index contributed by atoms with van der Waals surface area (Å²) >= 11 is 0. The molecule has 0 aromatic carbocycles. The van der Waals surface area contributed by atoms with Crippen molar-refractivity contribution in [2.75, 3.05) is 5.32 Å². The van der Waals surface area contributed by atoms with Gasteiger partial charge in [-0.3, -0.25) is 23.7 Å². The maximum Gasteiger partial charge on any atom is 0.435 e. The average molecular weight is 457 g/mol. The standard InChI is InChI=1S/C21H18F3N7O2/c1-12(2)18-14-10-25-6-8-31(14)20(28-18)19(33)13-3-5-26-16(9-13)27-17(32)11-30-7-4-15(29-30)21(22,23)24/h3-10,12H,11H2,1-2H3,(H,26,27,32). The molecule has 12 heteroatoms.